The van der Waals surface area contributed by atoms with Crippen molar-refractivity contribution in [3.63, 3.8) is 0 Å². The molecule has 5 heteroatoms. The zero-order chi connectivity index (χ0) is 18.5. The summed E-state index contributed by atoms with van der Waals surface area (Å²) in [5, 5.41) is 4.25. The van der Waals surface area contributed by atoms with Crippen LogP contribution in [0.25, 0.3) is 10.9 Å². The second-order valence-corrected chi connectivity index (χ2v) is 7.33. The van der Waals surface area contributed by atoms with E-state index < -0.39 is 0 Å². The number of nitrogens with one attached hydrogen (secondary N) is 1. The Hall–Kier alpha value is -2.29. The van der Waals surface area contributed by atoms with Crippen molar-refractivity contribution in [3.05, 3.63) is 30.5 Å². The van der Waals surface area contributed by atoms with Gasteiger partial charge in [0, 0.05) is 41.8 Å². The third-order valence-electron chi connectivity index (χ3n) is 5.10. The van der Waals surface area contributed by atoms with Gasteiger partial charge in [-0.2, -0.15) is 0 Å². The largest absolute Gasteiger partial charge is 0.346 e. The van der Waals surface area contributed by atoms with Gasteiger partial charge in [0.1, 0.15) is 0 Å². The van der Waals surface area contributed by atoms with E-state index in [4.69, 9.17) is 6.42 Å². The van der Waals surface area contributed by atoms with E-state index >= 15 is 0 Å². The Kier molecular flexibility index (Phi) is 5.97. The first kappa shape index (κ1) is 18.5. The van der Waals surface area contributed by atoms with Gasteiger partial charge in [0.25, 0.3) is 0 Å². The van der Waals surface area contributed by atoms with Crippen LogP contribution in [0.5, 0.6) is 0 Å². The number of hydrogen-bond acceptors (Lipinski definition) is 3. The molecule has 1 aliphatic rings. The molecule has 0 saturated carbocycles. The van der Waals surface area contributed by atoms with Gasteiger partial charge in [-0.1, -0.05) is 5.92 Å². The summed E-state index contributed by atoms with van der Waals surface area (Å²) in [7, 11) is 4.16. The van der Waals surface area contributed by atoms with Crippen LogP contribution < -0.4 is 5.32 Å². The number of benzene rings is 1. The maximum absolute atomic E-state index is 12.6. The Morgan fingerprint density at radius 1 is 1.31 bits per heavy atom. The normalized spacial score (nSPS) is 16.1. The summed E-state index contributed by atoms with van der Waals surface area (Å²) in [6.45, 7) is 4.43. The number of nitrogens with zero attached hydrogens (tertiary/aromatic N) is 3. The molecular weight excluding hydrogens is 324 g/mol. The molecule has 0 atom stereocenters. The van der Waals surface area contributed by atoms with Crippen LogP contribution in [0.3, 0.4) is 0 Å². The predicted octanol–water partition coefficient (Wildman–Crippen LogP) is 2.49. The van der Waals surface area contributed by atoms with Crippen molar-refractivity contribution < 1.29 is 4.79 Å². The number of rotatable bonds is 6. The summed E-state index contributed by atoms with van der Waals surface area (Å²) in [4.78, 5) is 17.0. The predicted molar refractivity (Wildman–Crippen MR) is 107 cm³/mol. The lowest BCUT2D eigenvalue weighted by molar-refractivity contribution is -0.121. The summed E-state index contributed by atoms with van der Waals surface area (Å²) in [5.41, 5.74) is 2.08. The molecule has 3 rings (SSSR count). The molecule has 5 nitrogen and oxygen atoms in total. The molecule has 138 valence electrons. The summed E-state index contributed by atoms with van der Waals surface area (Å²) >= 11 is 0. The lowest BCUT2D eigenvalue weighted by Gasteiger charge is -2.29. The van der Waals surface area contributed by atoms with Crippen molar-refractivity contribution in [3.8, 4) is 12.3 Å². The first-order valence-electron chi connectivity index (χ1n) is 9.27. The average molecular weight is 352 g/mol. The van der Waals surface area contributed by atoms with Gasteiger partial charge < -0.3 is 14.8 Å². The third kappa shape index (κ3) is 4.46. The minimum Gasteiger partial charge on any atom is -0.346 e. The molecule has 1 saturated heterocycles. The lowest BCUT2D eigenvalue weighted by atomic mass is 9.96. The fraction of sp³-hybridized carbons (Fsp3) is 0.476. The minimum absolute atomic E-state index is 0.0735. The number of hydrogen-bond donors (Lipinski definition) is 1. The van der Waals surface area contributed by atoms with E-state index in [0.717, 1.165) is 50.1 Å². The van der Waals surface area contributed by atoms with E-state index in [1.807, 2.05) is 6.07 Å². The van der Waals surface area contributed by atoms with Crippen molar-refractivity contribution >= 4 is 22.5 Å². The number of terminal acetylenes is 1. The van der Waals surface area contributed by atoms with E-state index in [2.05, 4.69) is 64.1 Å². The molecule has 26 heavy (non-hydrogen) atoms. The summed E-state index contributed by atoms with van der Waals surface area (Å²) in [5.74, 6) is 2.87. The number of piperidine rings is 1. The van der Waals surface area contributed by atoms with Gasteiger partial charge in [-0.05, 0) is 64.3 Å². The quantitative estimate of drug-likeness (QED) is 0.812. The Bertz CT molecular complexity index is 794. The number of likely N-dealkylation sites (tertiary alicyclic amines) is 1. The maximum atomic E-state index is 12.6. The van der Waals surface area contributed by atoms with Gasteiger partial charge in [-0.3, -0.25) is 9.69 Å². The van der Waals surface area contributed by atoms with Gasteiger partial charge in [0.2, 0.25) is 5.91 Å². The molecule has 2 aromatic rings. The van der Waals surface area contributed by atoms with E-state index in [9.17, 15) is 4.79 Å². The van der Waals surface area contributed by atoms with Crippen molar-refractivity contribution in [2.45, 2.75) is 19.4 Å². The Labute approximate surface area is 156 Å². The summed E-state index contributed by atoms with van der Waals surface area (Å²) in [6, 6.07) is 8.27. The summed E-state index contributed by atoms with van der Waals surface area (Å²) in [6.07, 6.45) is 9.22. The van der Waals surface area contributed by atoms with Gasteiger partial charge in [-0.25, -0.2) is 0 Å². The molecule has 1 amide bonds. The molecule has 0 bridgehead atoms. The van der Waals surface area contributed by atoms with Crippen LogP contribution in [0.4, 0.5) is 5.69 Å². The van der Waals surface area contributed by atoms with Crippen LogP contribution in [-0.4, -0.2) is 60.5 Å². The third-order valence-corrected chi connectivity index (χ3v) is 5.10. The van der Waals surface area contributed by atoms with Crippen molar-refractivity contribution in [1.82, 2.24) is 14.4 Å². The number of anilines is 1. The molecule has 1 aromatic carbocycles. The fourth-order valence-electron chi connectivity index (χ4n) is 3.51. The molecule has 1 aliphatic heterocycles. The number of carbonyl (C=O) groups is 1. The van der Waals surface area contributed by atoms with Gasteiger partial charge >= 0.3 is 0 Å². The van der Waals surface area contributed by atoms with E-state index in [-0.39, 0.29) is 11.8 Å². The molecule has 0 radical (unpaired) electrons. The van der Waals surface area contributed by atoms with Crippen LogP contribution >= 0.6 is 0 Å². The van der Waals surface area contributed by atoms with Crippen molar-refractivity contribution in [2.24, 2.45) is 5.92 Å². The van der Waals surface area contributed by atoms with Crippen LogP contribution in [-0.2, 0) is 11.3 Å². The van der Waals surface area contributed by atoms with E-state index in [1.54, 1.807) is 0 Å². The van der Waals surface area contributed by atoms with E-state index in [1.165, 1.54) is 5.52 Å². The van der Waals surface area contributed by atoms with Gasteiger partial charge in [0.15, 0.2) is 0 Å². The van der Waals surface area contributed by atoms with Crippen LogP contribution in [0.1, 0.15) is 12.8 Å². The highest BCUT2D eigenvalue weighted by Crippen LogP contribution is 2.23. The second-order valence-electron chi connectivity index (χ2n) is 7.33. The molecule has 2 heterocycles. The number of likely N-dealkylation sites (N-methyl/N-ethyl adjacent to an activating group) is 1. The average Bonchev–Trinajstić information content (AvgIpc) is 3.03. The molecular formula is C21H28N4O. The first-order chi connectivity index (χ1) is 12.6. The topological polar surface area (TPSA) is 40.5 Å². The standard InChI is InChI=1S/C21H28N4O/c1-4-10-24-11-7-17(8-12-24)21(26)22-19-5-6-20-18(16-19)9-13-25(20)15-14-23(2)3/h1,5-6,9,13,16-17H,7-8,10-12,14-15H2,2-3H3,(H,22,26). The number of fused-ring (bicyclic) bond motifs is 1. The molecule has 1 N–H and O–H groups in total. The van der Waals surface area contributed by atoms with Gasteiger partial charge in [0.05, 0.1) is 6.54 Å². The molecule has 1 aromatic heterocycles. The number of amides is 1. The Morgan fingerprint density at radius 3 is 2.77 bits per heavy atom. The monoisotopic (exact) mass is 352 g/mol. The van der Waals surface area contributed by atoms with Crippen molar-refractivity contribution in [2.75, 3.05) is 45.6 Å². The maximum Gasteiger partial charge on any atom is 0.227 e. The molecule has 0 aliphatic carbocycles. The Morgan fingerprint density at radius 2 is 2.08 bits per heavy atom. The fourth-order valence-corrected chi connectivity index (χ4v) is 3.51. The molecule has 0 unspecified atom stereocenters. The van der Waals surface area contributed by atoms with Crippen molar-refractivity contribution in [1.29, 1.82) is 0 Å². The van der Waals surface area contributed by atoms with Gasteiger partial charge in [-0.15, -0.1) is 6.42 Å². The Balaban J connectivity index is 1.61. The minimum atomic E-state index is 0.0735. The zero-order valence-electron chi connectivity index (χ0n) is 15.7. The van der Waals surface area contributed by atoms with Crippen LogP contribution in [0.15, 0.2) is 30.5 Å². The van der Waals surface area contributed by atoms with Crippen LogP contribution in [0.2, 0.25) is 0 Å². The highest BCUT2D eigenvalue weighted by molar-refractivity contribution is 5.95. The number of aromatic nitrogens is 1. The van der Waals surface area contributed by atoms with E-state index in [0.29, 0.717) is 6.54 Å². The highest BCUT2D eigenvalue weighted by Gasteiger charge is 2.24. The summed E-state index contributed by atoms with van der Waals surface area (Å²) < 4.78 is 2.25. The highest BCUT2D eigenvalue weighted by atomic mass is 16.1. The number of carbonyl (C=O) groups excluding carboxylic acids is 1. The molecule has 1 fully saturated rings. The SMILES string of the molecule is C#CCN1CCC(C(=O)Nc2ccc3c(ccn3CCN(C)C)c2)CC1. The molecule has 0 spiro atoms. The zero-order valence-corrected chi connectivity index (χ0v) is 15.7. The smallest absolute Gasteiger partial charge is 0.227 e. The first-order valence-corrected chi connectivity index (χ1v) is 9.27. The van der Waals surface area contributed by atoms with Crippen LogP contribution in [0, 0.1) is 18.3 Å². The second kappa shape index (κ2) is 8.39. The lowest BCUT2D eigenvalue weighted by Crippen LogP contribution is -2.38.